The van der Waals surface area contributed by atoms with Crippen LogP contribution in [0.5, 0.6) is 0 Å². The number of nitrogens with zero attached hydrogens (tertiary/aromatic N) is 2. The second kappa shape index (κ2) is 8.59. The molecule has 144 valence electrons. The lowest BCUT2D eigenvalue weighted by molar-refractivity contribution is 0.291. The van der Waals surface area contributed by atoms with Gasteiger partial charge in [0.05, 0.1) is 5.36 Å². The van der Waals surface area contributed by atoms with Gasteiger partial charge in [-0.3, -0.25) is 4.99 Å². The third-order valence-electron chi connectivity index (χ3n) is 4.61. The van der Waals surface area contributed by atoms with E-state index in [9.17, 15) is 0 Å². The number of anilines is 1. The number of nitrogens with one attached hydrogen (secondary N) is 1. The largest absolute Gasteiger partial charge is 0.453 e. The lowest BCUT2D eigenvalue weighted by Gasteiger charge is -2.12. The predicted molar refractivity (Wildman–Crippen MR) is 114 cm³/mol. The Morgan fingerprint density at radius 3 is 2.75 bits per heavy atom. The minimum atomic E-state index is 0.130. The molecule has 2 aromatic carbocycles. The van der Waals surface area contributed by atoms with Crippen LogP contribution in [0.25, 0.3) is 33.3 Å². The molecule has 0 amide bonds. The molecule has 0 bridgehead atoms. The summed E-state index contributed by atoms with van der Waals surface area (Å²) < 4.78 is 6.21. The Kier molecular flexibility index (Phi) is 5.74. The number of aromatic nitrogens is 1. The van der Waals surface area contributed by atoms with Crippen molar-refractivity contribution in [2.75, 3.05) is 30.9 Å². The molecule has 6 heteroatoms. The van der Waals surface area contributed by atoms with Crippen LogP contribution in [-0.2, 0) is 0 Å². The van der Waals surface area contributed by atoms with Crippen molar-refractivity contribution >= 4 is 39.2 Å². The number of aliphatic hydroxyl groups is 1. The van der Waals surface area contributed by atoms with E-state index in [0.29, 0.717) is 24.6 Å². The first kappa shape index (κ1) is 18.7. The highest BCUT2D eigenvalue weighted by molar-refractivity contribution is 6.17. The van der Waals surface area contributed by atoms with Crippen LogP contribution >= 0.6 is 11.6 Å². The highest BCUT2D eigenvalue weighted by Gasteiger charge is 2.14. The van der Waals surface area contributed by atoms with E-state index in [2.05, 4.69) is 10.3 Å². The number of alkyl halides is 1. The van der Waals surface area contributed by atoms with Gasteiger partial charge in [-0.2, -0.15) is 0 Å². The van der Waals surface area contributed by atoms with Gasteiger partial charge in [0.1, 0.15) is 11.2 Å². The van der Waals surface area contributed by atoms with Crippen molar-refractivity contribution in [1.29, 1.82) is 0 Å². The summed E-state index contributed by atoms with van der Waals surface area (Å²) >= 11 is 5.74. The molecule has 0 unspecified atom stereocenters. The fourth-order valence-electron chi connectivity index (χ4n) is 3.25. The summed E-state index contributed by atoms with van der Waals surface area (Å²) in [6, 6.07) is 16.0. The third-order valence-corrected chi connectivity index (χ3v) is 4.88. The number of aliphatic hydroxyl groups excluding tert-OH is 1. The van der Waals surface area contributed by atoms with E-state index < -0.39 is 0 Å². The van der Waals surface area contributed by atoms with Crippen molar-refractivity contribution in [3.8, 4) is 11.5 Å². The van der Waals surface area contributed by atoms with Crippen LogP contribution in [0.4, 0.5) is 5.69 Å². The molecule has 0 saturated heterocycles. The normalized spacial score (nSPS) is 12.3. The molecular formula is C22H22ClN3O2. The number of hydrogen-bond acceptors (Lipinski definition) is 5. The topological polar surface area (TPSA) is 70.7 Å². The summed E-state index contributed by atoms with van der Waals surface area (Å²) in [6.07, 6.45) is 1.54. The summed E-state index contributed by atoms with van der Waals surface area (Å²) in [5, 5.41) is 15.3. The van der Waals surface area contributed by atoms with Crippen molar-refractivity contribution < 1.29 is 9.52 Å². The molecule has 2 aromatic rings. The molecule has 1 aliphatic heterocycles. The Morgan fingerprint density at radius 1 is 1.07 bits per heavy atom. The van der Waals surface area contributed by atoms with Gasteiger partial charge in [0.2, 0.25) is 0 Å². The molecule has 2 aliphatic rings. The van der Waals surface area contributed by atoms with Crippen LogP contribution in [0.1, 0.15) is 12.8 Å². The standard InChI is InChI=1S/C22H22ClN3O2/c23-9-3-10-24-15-7-8-18-20(13-15)28-21-14-19(25-11-4-12-27)16-5-1-2-6-17(16)22(21)26-18/h1-2,5-8,13-14,24,27H,3-4,9-12H2. The molecule has 0 atom stereocenters. The summed E-state index contributed by atoms with van der Waals surface area (Å²) in [7, 11) is 0. The van der Waals surface area contributed by atoms with E-state index in [1.54, 1.807) is 0 Å². The van der Waals surface area contributed by atoms with E-state index in [-0.39, 0.29) is 6.61 Å². The number of rotatable bonds is 7. The van der Waals surface area contributed by atoms with Gasteiger partial charge >= 0.3 is 0 Å². The lowest BCUT2D eigenvalue weighted by atomic mass is 10.0. The first-order valence-electron chi connectivity index (χ1n) is 9.48. The van der Waals surface area contributed by atoms with E-state index in [1.165, 1.54) is 0 Å². The summed E-state index contributed by atoms with van der Waals surface area (Å²) in [5.41, 5.74) is 3.34. The minimum Gasteiger partial charge on any atom is -0.453 e. The number of fused-ring (bicyclic) bond motifs is 4. The average Bonchev–Trinajstić information content (AvgIpc) is 2.73. The molecular weight excluding hydrogens is 374 g/mol. The Bertz CT molecular complexity index is 1140. The molecule has 0 fully saturated rings. The van der Waals surface area contributed by atoms with Crippen molar-refractivity contribution in [2.24, 2.45) is 4.99 Å². The van der Waals surface area contributed by atoms with Crippen molar-refractivity contribution in [3.63, 3.8) is 0 Å². The van der Waals surface area contributed by atoms with Gasteiger partial charge in [-0.25, -0.2) is 4.98 Å². The Balaban J connectivity index is 1.86. The zero-order valence-corrected chi connectivity index (χ0v) is 16.2. The van der Waals surface area contributed by atoms with Crippen molar-refractivity contribution in [3.05, 3.63) is 53.9 Å². The molecule has 4 rings (SSSR count). The SMILES string of the molecule is OCCCN=c1cc2oc3cc(NCCCCl)ccc3nc-2c2ccccc12. The molecule has 0 radical (unpaired) electrons. The van der Waals surface area contributed by atoms with Crippen LogP contribution in [0.3, 0.4) is 0 Å². The number of halogens is 1. The third kappa shape index (κ3) is 3.81. The molecule has 0 aromatic heterocycles. The Hall–Kier alpha value is -2.63. The predicted octanol–water partition coefficient (Wildman–Crippen LogP) is 4.41. The second-order valence-corrected chi connectivity index (χ2v) is 6.99. The average molecular weight is 396 g/mol. The van der Waals surface area contributed by atoms with Crippen LogP contribution in [0, 0.1) is 0 Å². The van der Waals surface area contributed by atoms with Gasteiger partial charge in [-0.15, -0.1) is 11.6 Å². The van der Waals surface area contributed by atoms with Gasteiger partial charge < -0.3 is 14.8 Å². The van der Waals surface area contributed by atoms with Crippen LogP contribution in [0.2, 0.25) is 0 Å². The van der Waals surface area contributed by atoms with Crippen LogP contribution in [-0.4, -0.2) is 35.7 Å². The maximum atomic E-state index is 9.05. The van der Waals surface area contributed by atoms with Crippen LogP contribution in [0.15, 0.2) is 57.9 Å². The summed E-state index contributed by atoms with van der Waals surface area (Å²) in [4.78, 5) is 9.51. The molecule has 5 nitrogen and oxygen atoms in total. The fraction of sp³-hybridized carbons (Fsp3) is 0.273. The molecule has 1 heterocycles. The summed E-state index contributed by atoms with van der Waals surface area (Å²) in [6.45, 7) is 1.52. The fourth-order valence-corrected chi connectivity index (χ4v) is 3.38. The van der Waals surface area contributed by atoms with E-state index in [0.717, 1.165) is 51.6 Å². The second-order valence-electron chi connectivity index (χ2n) is 6.61. The van der Waals surface area contributed by atoms with Gasteiger partial charge in [0.15, 0.2) is 11.3 Å². The van der Waals surface area contributed by atoms with Gasteiger partial charge in [0, 0.05) is 54.2 Å². The lowest BCUT2D eigenvalue weighted by Crippen LogP contribution is -2.08. The molecule has 28 heavy (non-hydrogen) atoms. The molecule has 1 aliphatic carbocycles. The monoisotopic (exact) mass is 395 g/mol. The highest BCUT2D eigenvalue weighted by Crippen LogP contribution is 2.31. The zero-order chi connectivity index (χ0) is 19.3. The number of benzene rings is 3. The first-order chi connectivity index (χ1) is 13.8. The first-order valence-corrected chi connectivity index (χ1v) is 10.0. The zero-order valence-electron chi connectivity index (χ0n) is 15.5. The smallest absolute Gasteiger partial charge is 0.155 e. The Labute approximate surface area is 168 Å². The van der Waals surface area contributed by atoms with Gasteiger partial charge in [-0.1, -0.05) is 24.3 Å². The summed E-state index contributed by atoms with van der Waals surface area (Å²) in [5.74, 6) is 1.33. The van der Waals surface area contributed by atoms with Crippen molar-refractivity contribution in [1.82, 2.24) is 4.98 Å². The highest BCUT2D eigenvalue weighted by atomic mass is 35.5. The van der Waals surface area contributed by atoms with E-state index in [1.807, 2.05) is 48.5 Å². The number of hydrogen-bond donors (Lipinski definition) is 2. The maximum absolute atomic E-state index is 9.05. The Morgan fingerprint density at radius 2 is 1.93 bits per heavy atom. The van der Waals surface area contributed by atoms with E-state index in [4.69, 9.17) is 26.1 Å². The van der Waals surface area contributed by atoms with Gasteiger partial charge in [-0.05, 0) is 25.0 Å². The van der Waals surface area contributed by atoms with Crippen molar-refractivity contribution in [2.45, 2.75) is 12.8 Å². The quantitative estimate of drug-likeness (QED) is 0.210. The molecule has 2 N–H and O–H groups in total. The maximum Gasteiger partial charge on any atom is 0.155 e. The van der Waals surface area contributed by atoms with Gasteiger partial charge in [0.25, 0.3) is 0 Å². The molecule has 0 saturated carbocycles. The van der Waals surface area contributed by atoms with Crippen LogP contribution < -0.4 is 10.7 Å². The van der Waals surface area contributed by atoms with E-state index >= 15 is 0 Å². The molecule has 0 spiro atoms. The minimum absolute atomic E-state index is 0.130.